The van der Waals surface area contributed by atoms with Gasteiger partial charge in [0, 0.05) is 4.47 Å². The molecule has 1 aromatic carbocycles. The van der Waals surface area contributed by atoms with Gasteiger partial charge in [-0.05, 0) is 30.5 Å². The third kappa shape index (κ3) is 3.17. The van der Waals surface area contributed by atoms with Gasteiger partial charge in [-0.25, -0.2) is 4.39 Å². The van der Waals surface area contributed by atoms with Gasteiger partial charge in [-0.15, -0.1) is 0 Å². The molecule has 1 aliphatic rings. The molecule has 20 heavy (non-hydrogen) atoms. The summed E-state index contributed by atoms with van der Waals surface area (Å²) >= 11 is 3.25. The minimum atomic E-state index is -0.588. The molecular formula is C14H16BrFN2O2. The Morgan fingerprint density at radius 3 is 2.80 bits per heavy atom. The summed E-state index contributed by atoms with van der Waals surface area (Å²) in [5.41, 5.74) is 0.132. The summed E-state index contributed by atoms with van der Waals surface area (Å²) < 4.78 is 14.6. The monoisotopic (exact) mass is 342 g/mol. The van der Waals surface area contributed by atoms with Crippen molar-refractivity contribution < 1.29 is 14.0 Å². The number of nitrogens with zero attached hydrogens (tertiary/aromatic N) is 1. The molecule has 2 rings (SSSR count). The molecule has 1 N–H and O–H groups in total. The predicted octanol–water partition coefficient (Wildman–Crippen LogP) is 2.47. The Balaban J connectivity index is 2.32. The van der Waals surface area contributed by atoms with Crippen molar-refractivity contribution in [2.45, 2.75) is 26.3 Å². The largest absolute Gasteiger partial charge is 0.343 e. The van der Waals surface area contributed by atoms with E-state index in [0.29, 0.717) is 10.9 Å². The summed E-state index contributed by atoms with van der Waals surface area (Å²) in [6.07, 6.45) is 0.538. The van der Waals surface area contributed by atoms with E-state index in [1.165, 1.54) is 17.0 Å². The minimum absolute atomic E-state index is 0.132. The fourth-order valence-corrected chi connectivity index (χ4v) is 2.59. The first-order valence-electron chi connectivity index (χ1n) is 6.44. The van der Waals surface area contributed by atoms with Gasteiger partial charge < -0.3 is 5.32 Å². The Labute approximate surface area is 125 Å². The van der Waals surface area contributed by atoms with Crippen LogP contribution in [0.25, 0.3) is 0 Å². The first-order chi connectivity index (χ1) is 9.38. The summed E-state index contributed by atoms with van der Waals surface area (Å²) in [7, 11) is 0. The molecule has 1 atom stereocenters. The summed E-state index contributed by atoms with van der Waals surface area (Å²) in [6, 6.07) is 3.75. The maximum atomic E-state index is 13.9. The molecule has 0 aliphatic carbocycles. The highest BCUT2D eigenvalue weighted by molar-refractivity contribution is 9.10. The number of benzene rings is 1. The highest BCUT2D eigenvalue weighted by Crippen LogP contribution is 2.26. The lowest BCUT2D eigenvalue weighted by Crippen LogP contribution is -2.58. The van der Waals surface area contributed by atoms with Crippen molar-refractivity contribution in [1.29, 1.82) is 0 Å². The molecule has 1 unspecified atom stereocenters. The van der Waals surface area contributed by atoms with Crippen LogP contribution in [0.2, 0.25) is 0 Å². The standard InChI is InChI=1S/C14H16BrFN2O2/c1-8(2)5-11-14(20)18(7-13(19)17-11)12-6-9(15)3-4-10(12)16/h3-4,6,8,11H,5,7H2,1-2H3,(H,17,19). The summed E-state index contributed by atoms with van der Waals surface area (Å²) in [6.45, 7) is 3.79. The Bertz CT molecular complexity index is 548. The Morgan fingerprint density at radius 2 is 2.15 bits per heavy atom. The molecule has 2 amide bonds. The summed E-state index contributed by atoms with van der Waals surface area (Å²) in [5.74, 6) is -0.791. The molecule has 1 fully saturated rings. The smallest absolute Gasteiger partial charge is 0.250 e. The highest BCUT2D eigenvalue weighted by Gasteiger charge is 2.34. The zero-order chi connectivity index (χ0) is 14.9. The Kier molecular flexibility index (Phi) is 4.42. The molecule has 0 radical (unpaired) electrons. The number of hydrogen-bond donors (Lipinski definition) is 1. The van der Waals surface area contributed by atoms with Crippen LogP contribution in [0.5, 0.6) is 0 Å². The van der Waals surface area contributed by atoms with Crippen molar-refractivity contribution in [3.05, 3.63) is 28.5 Å². The van der Waals surface area contributed by atoms with Crippen molar-refractivity contribution in [3.63, 3.8) is 0 Å². The Hall–Kier alpha value is -1.43. The summed E-state index contributed by atoms with van der Waals surface area (Å²) in [5, 5.41) is 2.67. The molecule has 0 aromatic heterocycles. The van der Waals surface area contributed by atoms with Crippen molar-refractivity contribution in [1.82, 2.24) is 5.32 Å². The topological polar surface area (TPSA) is 49.4 Å². The van der Waals surface area contributed by atoms with Crippen LogP contribution in [0.15, 0.2) is 22.7 Å². The second-order valence-corrected chi connectivity index (χ2v) is 6.19. The quantitative estimate of drug-likeness (QED) is 0.917. The molecule has 1 aromatic rings. The molecular weight excluding hydrogens is 327 g/mol. The van der Waals surface area contributed by atoms with Gasteiger partial charge in [-0.1, -0.05) is 29.8 Å². The number of nitrogens with one attached hydrogen (secondary N) is 1. The van der Waals surface area contributed by atoms with Crippen LogP contribution in [-0.4, -0.2) is 24.4 Å². The van der Waals surface area contributed by atoms with Crippen LogP contribution in [-0.2, 0) is 9.59 Å². The average Bonchev–Trinajstić information content (AvgIpc) is 2.36. The van der Waals surface area contributed by atoms with E-state index in [1.54, 1.807) is 6.07 Å². The molecule has 108 valence electrons. The lowest BCUT2D eigenvalue weighted by atomic mass is 10.0. The SMILES string of the molecule is CC(C)CC1NC(=O)CN(c2cc(Br)ccc2F)C1=O. The van der Waals surface area contributed by atoms with Gasteiger partial charge in [-0.3, -0.25) is 14.5 Å². The first kappa shape index (κ1) is 15.0. The fourth-order valence-electron chi connectivity index (χ4n) is 2.24. The summed E-state index contributed by atoms with van der Waals surface area (Å²) in [4.78, 5) is 25.4. The zero-order valence-electron chi connectivity index (χ0n) is 11.3. The van der Waals surface area contributed by atoms with Crippen molar-refractivity contribution in [2.75, 3.05) is 11.4 Å². The molecule has 1 aliphatic heterocycles. The maximum absolute atomic E-state index is 13.9. The van der Waals surface area contributed by atoms with Gasteiger partial charge >= 0.3 is 0 Å². The van der Waals surface area contributed by atoms with E-state index in [0.717, 1.165) is 0 Å². The second kappa shape index (κ2) is 5.91. The van der Waals surface area contributed by atoms with E-state index in [1.807, 2.05) is 13.8 Å². The van der Waals surface area contributed by atoms with Gasteiger partial charge in [0.2, 0.25) is 11.8 Å². The lowest BCUT2D eigenvalue weighted by molar-refractivity contribution is -0.131. The molecule has 0 saturated carbocycles. The van der Waals surface area contributed by atoms with Gasteiger partial charge in [0.05, 0.1) is 5.69 Å². The van der Waals surface area contributed by atoms with Gasteiger partial charge in [0.1, 0.15) is 18.4 Å². The van der Waals surface area contributed by atoms with Crippen molar-refractivity contribution >= 4 is 33.4 Å². The number of carbonyl (C=O) groups is 2. The van der Waals surface area contributed by atoms with Crippen LogP contribution in [0, 0.1) is 11.7 Å². The van der Waals surface area contributed by atoms with Crippen LogP contribution in [0.3, 0.4) is 0 Å². The molecule has 0 spiro atoms. The number of hydrogen-bond acceptors (Lipinski definition) is 2. The average molecular weight is 343 g/mol. The number of rotatable bonds is 3. The van der Waals surface area contributed by atoms with Crippen LogP contribution in [0.4, 0.5) is 10.1 Å². The highest BCUT2D eigenvalue weighted by atomic mass is 79.9. The van der Waals surface area contributed by atoms with Crippen molar-refractivity contribution in [2.24, 2.45) is 5.92 Å². The second-order valence-electron chi connectivity index (χ2n) is 5.27. The van der Waals surface area contributed by atoms with Crippen LogP contribution in [0.1, 0.15) is 20.3 Å². The Morgan fingerprint density at radius 1 is 1.45 bits per heavy atom. The number of halogens is 2. The maximum Gasteiger partial charge on any atom is 0.250 e. The number of carbonyl (C=O) groups excluding carboxylic acids is 2. The third-order valence-corrected chi connectivity index (χ3v) is 3.60. The third-order valence-electron chi connectivity index (χ3n) is 3.11. The molecule has 4 nitrogen and oxygen atoms in total. The van der Waals surface area contributed by atoms with Gasteiger partial charge in [0.15, 0.2) is 0 Å². The van der Waals surface area contributed by atoms with E-state index in [-0.39, 0.29) is 30.0 Å². The molecule has 6 heteroatoms. The van der Waals surface area contributed by atoms with E-state index in [4.69, 9.17) is 0 Å². The van der Waals surface area contributed by atoms with E-state index < -0.39 is 11.9 Å². The first-order valence-corrected chi connectivity index (χ1v) is 7.23. The van der Waals surface area contributed by atoms with Gasteiger partial charge in [0.25, 0.3) is 0 Å². The van der Waals surface area contributed by atoms with Crippen LogP contribution < -0.4 is 10.2 Å². The fraction of sp³-hybridized carbons (Fsp3) is 0.429. The van der Waals surface area contributed by atoms with E-state index >= 15 is 0 Å². The number of anilines is 1. The van der Waals surface area contributed by atoms with Gasteiger partial charge in [-0.2, -0.15) is 0 Å². The van der Waals surface area contributed by atoms with E-state index in [2.05, 4.69) is 21.2 Å². The lowest BCUT2D eigenvalue weighted by Gasteiger charge is -2.33. The minimum Gasteiger partial charge on any atom is -0.343 e. The molecule has 1 saturated heterocycles. The zero-order valence-corrected chi connectivity index (χ0v) is 12.9. The van der Waals surface area contributed by atoms with Crippen molar-refractivity contribution in [3.8, 4) is 0 Å². The van der Waals surface area contributed by atoms with Crippen LogP contribution >= 0.6 is 15.9 Å². The normalized spacial score (nSPS) is 19.4. The molecule has 0 bridgehead atoms. The molecule has 1 heterocycles. The van der Waals surface area contributed by atoms with E-state index in [9.17, 15) is 14.0 Å². The number of amides is 2. The number of piperazine rings is 1. The predicted molar refractivity (Wildman–Crippen MR) is 77.8 cm³/mol.